The Morgan fingerprint density at radius 3 is 2.55 bits per heavy atom. The normalized spacial score (nSPS) is 17.0. The molecule has 1 heterocycles. The minimum atomic E-state index is -0.528. The number of hydrogen-bond donors (Lipinski definition) is 1. The molecule has 0 aromatic heterocycles. The number of carbonyl (C=O) groups excluding carboxylic acids is 1. The average molecular weight is 457 g/mol. The third kappa shape index (κ3) is 5.24. The molecule has 33 heavy (non-hydrogen) atoms. The van der Waals surface area contributed by atoms with Crippen LogP contribution in [0.1, 0.15) is 42.5 Å². The van der Waals surface area contributed by atoms with Crippen LogP contribution in [0.2, 0.25) is 0 Å². The molecule has 1 aliphatic heterocycles. The summed E-state index contributed by atoms with van der Waals surface area (Å²) in [5.41, 5.74) is 1.27. The average Bonchev–Trinajstić information content (AvgIpc) is 2.84. The van der Waals surface area contributed by atoms with Crippen molar-refractivity contribution in [2.45, 2.75) is 38.1 Å². The van der Waals surface area contributed by atoms with Crippen LogP contribution in [0.5, 0.6) is 0 Å². The molecule has 0 bridgehead atoms. The summed E-state index contributed by atoms with van der Waals surface area (Å²) in [5.74, 6) is -0.936. The summed E-state index contributed by atoms with van der Waals surface area (Å²) in [4.78, 5) is 27.8. The molecule has 176 valence electrons. The smallest absolute Gasteiger partial charge is 0.293 e. The van der Waals surface area contributed by atoms with E-state index in [9.17, 15) is 19.3 Å². The number of nitro groups is 1. The highest BCUT2D eigenvalue weighted by Gasteiger charge is 2.24. The van der Waals surface area contributed by atoms with Crippen molar-refractivity contribution >= 4 is 28.7 Å². The van der Waals surface area contributed by atoms with Crippen molar-refractivity contribution in [1.29, 1.82) is 0 Å². The summed E-state index contributed by atoms with van der Waals surface area (Å²) in [6.07, 6.45) is 5.63. The van der Waals surface area contributed by atoms with Crippen LogP contribution in [-0.4, -0.2) is 50.2 Å². The summed E-state index contributed by atoms with van der Waals surface area (Å²) in [6.45, 7) is 2.09. The van der Waals surface area contributed by atoms with Gasteiger partial charge in [-0.1, -0.05) is 19.3 Å². The topological polar surface area (TPSA) is 88.0 Å². The second-order valence-electron chi connectivity index (χ2n) is 8.58. The largest absolute Gasteiger partial charge is 0.378 e. The van der Waals surface area contributed by atoms with E-state index in [0.29, 0.717) is 49.4 Å². The van der Waals surface area contributed by atoms with Crippen molar-refractivity contribution in [3.8, 4) is 0 Å². The van der Waals surface area contributed by atoms with Gasteiger partial charge in [0.25, 0.3) is 11.6 Å². The van der Waals surface area contributed by atoms with E-state index >= 15 is 0 Å². The number of amides is 1. The maximum atomic E-state index is 14.8. The molecule has 1 saturated carbocycles. The van der Waals surface area contributed by atoms with Crippen molar-refractivity contribution in [1.82, 2.24) is 0 Å². The van der Waals surface area contributed by atoms with Crippen LogP contribution in [0.3, 0.4) is 0 Å². The van der Waals surface area contributed by atoms with Gasteiger partial charge in [0.1, 0.15) is 11.5 Å². The van der Waals surface area contributed by atoms with E-state index in [1.165, 1.54) is 18.6 Å². The maximum absolute atomic E-state index is 14.8. The molecule has 2 aromatic rings. The minimum absolute atomic E-state index is 0.139. The van der Waals surface area contributed by atoms with Crippen LogP contribution in [0.15, 0.2) is 36.4 Å². The Labute approximate surface area is 192 Å². The van der Waals surface area contributed by atoms with Crippen molar-refractivity contribution in [2.75, 3.05) is 48.5 Å². The molecule has 2 fully saturated rings. The summed E-state index contributed by atoms with van der Waals surface area (Å²) in [5, 5.41) is 14.3. The fraction of sp³-hybridized carbons (Fsp3) is 0.458. The molecule has 2 aromatic carbocycles. The highest BCUT2D eigenvalue weighted by Crippen LogP contribution is 2.31. The van der Waals surface area contributed by atoms with Crippen LogP contribution in [0, 0.1) is 15.9 Å². The Bertz CT molecular complexity index is 1020. The molecule has 0 unspecified atom stereocenters. The van der Waals surface area contributed by atoms with Gasteiger partial charge in [-0.15, -0.1) is 0 Å². The fourth-order valence-electron chi connectivity index (χ4n) is 4.62. The van der Waals surface area contributed by atoms with Crippen LogP contribution in [0.25, 0.3) is 0 Å². The summed E-state index contributed by atoms with van der Waals surface area (Å²) < 4.78 is 20.1. The van der Waals surface area contributed by atoms with Gasteiger partial charge in [0, 0.05) is 43.5 Å². The zero-order valence-electron chi connectivity index (χ0n) is 18.8. The monoisotopic (exact) mass is 456 g/mol. The lowest BCUT2D eigenvalue weighted by atomic mass is 9.94. The van der Waals surface area contributed by atoms with Gasteiger partial charge in [-0.25, -0.2) is 4.39 Å². The van der Waals surface area contributed by atoms with Crippen molar-refractivity contribution in [2.24, 2.45) is 0 Å². The maximum Gasteiger partial charge on any atom is 0.293 e. The number of carbonyl (C=O) groups is 1. The molecule has 1 amide bonds. The predicted molar refractivity (Wildman–Crippen MR) is 126 cm³/mol. The highest BCUT2D eigenvalue weighted by atomic mass is 19.1. The van der Waals surface area contributed by atoms with E-state index in [1.54, 1.807) is 24.3 Å². The number of nitro benzene ring substituents is 1. The lowest BCUT2D eigenvalue weighted by molar-refractivity contribution is -0.384. The molecule has 0 spiro atoms. The van der Waals surface area contributed by atoms with Gasteiger partial charge in [-0.05, 0) is 43.2 Å². The van der Waals surface area contributed by atoms with Crippen molar-refractivity contribution < 1.29 is 18.8 Å². The highest BCUT2D eigenvalue weighted by molar-refractivity contribution is 6.05. The van der Waals surface area contributed by atoms with E-state index in [1.807, 2.05) is 16.8 Å². The number of nitrogens with one attached hydrogen (secondary N) is 1. The fourth-order valence-corrected chi connectivity index (χ4v) is 4.62. The molecule has 0 atom stereocenters. The second-order valence-corrected chi connectivity index (χ2v) is 8.58. The Balaban J connectivity index is 1.49. The molecule has 8 nitrogen and oxygen atoms in total. The van der Waals surface area contributed by atoms with Gasteiger partial charge >= 0.3 is 0 Å². The molecule has 1 aliphatic carbocycles. The minimum Gasteiger partial charge on any atom is -0.378 e. The molecule has 4 rings (SSSR count). The lowest BCUT2D eigenvalue weighted by Gasteiger charge is -2.33. The van der Waals surface area contributed by atoms with E-state index in [4.69, 9.17) is 4.74 Å². The number of hydrogen-bond acceptors (Lipinski definition) is 6. The molecule has 1 N–H and O–H groups in total. The summed E-state index contributed by atoms with van der Waals surface area (Å²) in [7, 11) is 1.90. The Morgan fingerprint density at radius 2 is 1.88 bits per heavy atom. The first kappa shape index (κ1) is 23.0. The van der Waals surface area contributed by atoms with Gasteiger partial charge in [0.2, 0.25) is 0 Å². The van der Waals surface area contributed by atoms with Gasteiger partial charge in [-0.3, -0.25) is 14.9 Å². The first-order valence-electron chi connectivity index (χ1n) is 11.4. The van der Waals surface area contributed by atoms with Crippen LogP contribution in [0.4, 0.5) is 27.1 Å². The molecule has 2 aliphatic rings. The Kier molecular flexibility index (Phi) is 7.08. The molecule has 1 saturated heterocycles. The van der Waals surface area contributed by atoms with Gasteiger partial charge in [0.05, 0.1) is 23.8 Å². The van der Waals surface area contributed by atoms with E-state index in [0.717, 1.165) is 25.7 Å². The SMILES string of the molecule is CN(c1ccc(NC(=O)c2ccc(N3CCOCC3)c([N+](=O)[O-])c2)cc1F)C1CCCCC1. The molecule has 9 heteroatoms. The first-order valence-corrected chi connectivity index (χ1v) is 11.4. The zero-order valence-corrected chi connectivity index (χ0v) is 18.8. The van der Waals surface area contributed by atoms with Crippen molar-refractivity contribution in [3.05, 3.63) is 57.9 Å². The third-order valence-corrected chi connectivity index (χ3v) is 6.49. The number of anilines is 3. The molecular formula is C24H29FN4O4. The number of rotatable bonds is 6. The van der Waals surface area contributed by atoms with Crippen LogP contribution >= 0.6 is 0 Å². The summed E-state index contributed by atoms with van der Waals surface area (Å²) >= 11 is 0. The van der Waals surface area contributed by atoms with Crippen LogP contribution < -0.4 is 15.1 Å². The number of nitrogens with zero attached hydrogens (tertiary/aromatic N) is 3. The van der Waals surface area contributed by atoms with Gasteiger partial charge in [0.15, 0.2) is 0 Å². The Morgan fingerprint density at radius 1 is 1.15 bits per heavy atom. The number of halogens is 1. The zero-order chi connectivity index (χ0) is 23.4. The quantitative estimate of drug-likeness (QED) is 0.505. The first-order chi connectivity index (χ1) is 15.9. The summed E-state index contributed by atoms with van der Waals surface area (Å²) in [6, 6.07) is 9.34. The van der Waals surface area contributed by atoms with Crippen molar-refractivity contribution in [3.63, 3.8) is 0 Å². The van der Waals surface area contributed by atoms with E-state index in [-0.39, 0.29) is 11.3 Å². The predicted octanol–water partition coefficient (Wildman–Crippen LogP) is 4.59. The number of benzene rings is 2. The van der Waals surface area contributed by atoms with Gasteiger partial charge < -0.3 is 19.9 Å². The Hall–Kier alpha value is -3.20. The van der Waals surface area contributed by atoms with Crippen LogP contribution in [-0.2, 0) is 4.74 Å². The lowest BCUT2D eigenvalue weighted by Crippen LogP contribution is -2.36. The van der Waals surface area contributed by atoms with Gasteiger partial charge in [-0.2, -0.15) is 0 Å². The molecule has 0 radical (unpaired) electrons. The standard InChI is InChI=1S/C24H29FN4O4/c1-27(19-5-3-2-4-6-19)21-10-8-18(16-20(21)25)26-24(30)17-7-9-22(23(15-17)29(31)32)28-11-13-33-14-12-28/h7-10,15-16,19H,2-6,11-14H2,1H3,(H,26,30). The van der Waals surface area contributed by atoms with E-state index < -0.39 is 16.6 Å². The molecular weight excluding hydrogens is 427 g/mol. The second kappa shape index (κ2) is 10.2. The number of morpholine rings is 1. The number of ether oxygens (including phenoxy) is 1. The van der Waals surface area contributed by atoms with E-state index in [2.05, 4.69) is 5.32 Å². The third-order valence-electron chi connectivity index (χ3n) is 6.49.